The minimum absolute atomic E-state index is 0.144. The Balaban J connectivity index is 1.33. The lowest BCUT2D eigenvalue weighted by Crippen LogP contribution is -2.37. The van der Waals surface area contributed by atoms with E-state index in [9.17, 15) is 4.79 Å². The Hall–Kier alpha value is -3.80. The van der Waals surface area contributed by atoms with Crippen LogP contribution in [0.15, 0.2) is 45.4 Å². The number of rotatable bonds is 6. The Morgan fingerprint density at radius 2 is 1.97 bits per heavy atom. The van der Waals surface area contributed by atoms with Crippen LogP contribution in [0.2, 0.25) is 0 Å². The van der Waals surface area contributed by atoms with Crippen LogP contribution in [0.5, 0.6) is 11.5 Å². The second-order valence-electron chi connectivity index (χ2n) is 8.86. The van der Waals surface area contributed by atoms with Gasteiger partial charge in [-0.25, -0.2) is 19.9 Å². The number of benzene rings is 1. The van der Waals surface area contributed by atoms with E-state index >= 15 is 0 Å². The molecule has 0 bridgehead atoms. The zero-order chi connectivity index (χ0) is 24.6. The number of carbonyl (C=O) groups is 1. The largest absolute Gasteiger partial charge is 0.454 e. The molecule has 1 fully saturated rings. The number of nitrogen functional groups attached to an aromatic ring is 1. The van der Waals surface area contributed by atoms with E-state index in [1.54, 1.807) is 13.1 Å². The molecule has 2 aliphatic rings. The van der Waals surface area contributed by atoms with E-state index in [0.717, 1.165) is 54.5 Å². The Bertz CT molecular complexity index is 1410. The average Bonchev–Trinajstić information content (AvgIpc) is 3.63. The molecule has 4 aromatic rings. The summed E-state index contributed by atoms with van der Waals surface area (Å²) in [7, 11) is 0. The van der Waals surface area contributed by atoms with E-state index in [-0.39, 0.29) is 12.7 Å². The van der Waals surface area contributed by atoms with E-state index in [0.29, 0.717) is 40.3 Å². The predicted molar refractivity (Wildman–Crippen MR) is 132 cm³/mol. The van der Waals surface area contributed by atoms with E-state index in [1.807, 2.05) is 17.0 Å². The number of likely N-dealkylation sites (tertiary alicyclic amines) is 1. The Morgan fingerprint density at radius 3 is 2.72 bits per heavy atom. The number of piperidine rings is 1. The summed E-state index contributed by atoms with van der Waals surface area (Å²) in [4.78, 5) is 32.3. The number of hydrogen-bond acceptors (Lipinski definition) is 10. The van der Waals surface area contributed by atoms with Crippen molar-refractivity contribution in [1.82, 2.24) is 29.4 Å². The minimum atomic E-state index is 0.144. The van der Waals surface area contributed by atoms with Crippen LogP contribution in [0.4, 0.5) is 5.82 Å². The van der Waals surface area contributed by atoms with E-state index < -0.39 is 0 Å². The summed E-state index contributed by atoms with van der Waals surface area (Å²) in [6.45, 7) is 4.13. The van der Waals surface area contributed by atoms with Crippen LogP contribution >= 0.6 is 11.8 Å². The van der Waals surface area contributed by atoms with Crippen LogP contribution in [-0.4, -0.2) is 55.2 Å². The monoisotopic (exact) mass is 507 g/mol. The van der Waals surface area contributed by atoms with Gasteiger partial charge >= 0.3 is 0 Å². The van der Waals surface area contributed by atoms with Crippen molar-refractivity contribution < 1.29 is 18.7 Å². The Kier molecular flexibility index (Phi) is 5.88. The van der Waals surface area contributed by atoms with Crippen molar-refractivity contribution in [3.8, 4) is 23.0 Å². The molecule has 0 saturated carbocycles. The Morgan fingerprint density at radius 1 is 1.17 bits per heavy atom. The van der Waals surface area contributed by atoms with E-state index in [4.69, 9.17) is 24.6 Å². The number of oxazole rings is 1. The third-order valence-electron chi connectivity index (χ3n) is 6.68. The summed E-state index contributed by atoms with van der Waals surface area (Å²) >= 11 is 1.47. The van der Waals surface area contributed by atoms with E-state index in [1.165, 1.54) is 24.4 Å². The third-order valence-corrected chi connectivity index (χ3v) is 7.74. The summed E-state index contributed by atoms with van der Waals surface area (Å²) < 4.78 is 18.9. The summed E-state index contributed by atoms with van der Waals surface area (Å²) in [5.41, 5.74) is 8.21. The predicted octanol–water partition coefficient (Wildman–Crippen LogP) is 3.59. The van der Waals surface area contributed by atoms with Gasteiger partial charge in [-0.1, -0.05) is 11.8 Å². The maximum Gasteiger partial charge on any atom is 0.231 e. The molecule has 2 aliphatic heterocycles. The van der Waals surface area contributed by atoms with E-state index in [2.05, 4.69) is 19.5 Å². The first-order valence-corrected chi connectivity index (χ1v) is 12.6. The van der Waals surface area contributed by atoms with Gasteiger partial charge in [0.15, 0.2) is 33.6 Å². The van der Waals surface area contributed by atoms with Gasteiger partial charge in [-0.05, 0) is 37.3 Å². The lowest BCUT2D eigenvalue weighted by molar-refractivity contribution is -0.130. The molecule has 1 saturated heterocycles. The molecule has 5 heterocycles. The van der Waals surface area contributed by atoms with Crippen molar-refractivity contribution in [2.24, 2.45) is 5.92 Å². The van der Waals surface area contributed by atoms with Crippen molar-refractivity contribution in [3.63, 3.8) is 0 Å². The van der Waals surface area contributed by atoms with Crippen molar-refractivity contribution in [2.45, 2.75) is 42.8 Å². The number of amides is 1. The number of fused-ring (bicyclic) bond motifs is 2. The lowest BCUT2D eigenvalue weighted by atomic mass is 9.93. The van der Waals surface area contributed by atoms with Crippen LogP contribution < -0.4 is 15.2 Å². The highest BCUT2D eigenvalue weighted by molar-refractivity contribution is 7.99. The van der Waals surface area contributed by atoms with Crippen molar-refractivity contribution in [1.29, 1.82) is 0 Å². The molecular formula is C24H25N7O4S. The molecular weight excluding hydrogens is 482 g/mol. The zero-order valence-electron chi connectivity index (χ0n) is 19.7. The quantitative estimate of drug-likeness (QED) is 0.412. The van der Waals surface area contributed by atoms with Gasteiger partial charge in [0.25, 0.3) is 0 Å². The number of aryl methyl sites for hydroxylation is 1. The molecule has 1 aromatic carbocycles. The number of anilines is 1. The summed E-state index contributed by atoms with van der Waals surface area (Å²) in [5, 5.41) is 0.741. The molecule has 186 valence electrons. The second-order valence-corrected chi connectivity index (χ2v) is 9.87. The highest BCUT2D eigenvalue weighted by atomic mass is 32.2. The van der Waals surface area contributed by atoms with Gasteiger partial charge in [0, 0.05) is 31.5 Å². The molecule has 36 heavy (non-hydrogen) atoms. The van der Waals surface area contributed by atoms with Crippen LogP contribution in [0.1, 0.15) is 26.2 Å². The second kappa shape index (κ2) is 9.34. The molecule has 0 unspecified atom stereocenters. The van der Waals surface area contributed by atoms with Gasteiger partial charge in [0.1, 0.15) is 12.6 Å². The molecule has 11 nitrogen and oxygen atoms in total. The van der Waals surface area contributed by atoms with Gasteiger partial charge in [-0.3, -0.25) is 4.79 Å². The summed E-state index contributed by atoms with van der Waals surface area (Å²) in [6.07, 6.45) is 7.54. The number of nitrogens with zero attached hydrogens (tertiary/aromatic N) is 6. The maximum atomic E-state index is 11.7. The van der Waals surface area contributed by atoms with Gasteiger partial charge in [0.2, 0.25) is 18.6 Å². The van der Waals surface area contributed by atoms with Crippen molar-refractivity contribution in [2.75, 3.05) is 25.6 Å². The maximum absolute atomic E-state index is 11.7. The number of nitrogens with two attached hydrogens (primary N) is 1. The molecule has 1 amide bonds. The van der Waals surface area contributed by atoms with Crippen LogP contribution in [0, 0.1) is 5.92 Å². The molecule has 0 aliphatic carbocycles. The van der Waals surface area contributed by atoms with Gasteiger partial charge in [-0.2, -0.15) is 0 Å². The van der Waals surface area contributed by atoms with Crippen LogP contribution in [0.3, 0.4) is 0 Å². The summed E-state index contributed by atoms with van der Waals surface area (Å²) in [6, 6.07) is 3.79. The minimum Gasteiger partial charge on any atom is -0.454 e. The molecule has 12 heteroatoms. The smallest absolute Gasteiger partial charge is 0.231 e. The van der Waals surface area contributed by atoms with Crippen LogP contribution in [-0.2, 0) is 11.3 Å². The number of carbonyl (C=O) groups excluding carboxylic acids is 1. The lowest BCUT2D eigenvalue weighted by Gasteiger charge is -2.31. The number of aromatic nitrogens is 5. The Labute approximate surface area is 211 Å². The zero-order valence-corrected chi connectivity index (χ0v) is 20.5. The fraction of sp³-hybridized carbons (Fsp3) is 0.375. The highest BCUT2D eigenvalue weighted by Gasteiger charge is 2.25. The van der Waals surface area contributed by atoms with Crippen molar-refractivity contribution >= 4 is 34.7 Å². The molecule has 0 atom stereocenters. The van der Waals surface area contributed by atoms with Crippen LogP contribution in [0.25, 0.3) is 22.6 Å². The van der Waals surface area contributed by atoms with Gasteiger partial charge < -0.3 is 29.1 Å². The fourth-order valence-corrected chi connectivity index (χ4v) is 5.74. The molecule has 0 radical (unpaired) electrons. The number of ether oxygens (including phenoxy) is 2. The topological polar surface area (TPSA) is 134 Å². The molecule has 6 rings (SSSR count). The number of hydrogen-bond donors (Lipinski definition) is 1. The van der Waals surface area contributed by atoms with Crippen molar-refractivity contribution in [3.05, 3.63) is 30.9 Å². The normalized spacial score (nSPS) is 15.6. The van der Waals surface area contributed by atoms with Gasteiger partial charge in [0.05, 0.1) is 11.8 Å². The molecule has 0 spiro atoms. The molecule has 3 aromatic heterocycles. The standard InChI is InChI=1S/C24H25N7O4S/c1-14(32)30-6-2-15(3-7-30)4-8-31-22-20(21(25)27-12-28-22)29-24(31)36-19-11-18-17(34-13-35-18)10-16(19)23-26-5-9-33-23/h5,9-12,15H,2-4,6-8,13H2,1H3,(H2,25,27,28). The highest BCUT2D eigenvalue weighted by Crippen LogP contribution is 2.44. The first-order valence-electron chi connectivity index (χ1n) is 11.8. The average molecular weight is 508 g/mol. The third kappa shape index (κ3) is 4.21. The SMILES string of the molecule is CC(=O)N1CCC(CCn2c(Sc3cc4c(cc3-c3ncco3)OCO4)nc3c(N)ncnc32)CC1. The first-order chi connectivity index (χ1) is 17.6. The fourth-order valence-electron chi connectivity index (χ4n) is 4.69. The first kappa shape index (κ1) is 22.7. The van der Waals surface area contributed by atoms with Gasteiger partial charge in [-0.15, -0.1) is 0 Å². The summed E-state index contributed by atoms with van der Waals surface area (Å²) in [5.74, 6) is 2.79. The number of imidazole rings is 1. The molecule has 2 N–H and O–H groups in total.